The van der Waals surface area contributed by atoms with Crippen LogP contribution < -0.4 is 5.32 Å². The van der Waals surface area contributed by atoms with Crippen molar-refractivity contribution in [3.05, 3.63) is 101 Å². The first-order chi connectivity index (χ1) is 14.7. The van der Waals surface area contributed by atoms with E-state index < -0.39 is 0 Å². The maximum Gasteiger partial charge on any atom is 0.262 e. The Morgan fingerprint density at radius 1 is 1.00 bits per heavy atom. The molecule has 0 saturated heterocycles. The van der Waals surface area contributed by atoms with E-state index in [1.807, 2.05) is 66.7 Å². The smallest absolute Gasteiger partial charge is 0.262 e. The van der Waals surface area contributed by atoms with Crippen molar-refractivity contribution in [2.24, 2.45) is 0 Å². The van der Waals surface area contributed by atoms with Gasteiger partial charge in [0.15, 0.2) is 0 Å². The second kappa shape index (κ2) is 7.58. The first kappa shape index (κ1) is 18.3. The normalized spacial score (nSPS) is 14.4. The molecule has 0 spiro atoms. The lowest BCUT2D eigenvalue weighted by molar-refractivity contribution is -0.112. The minimum Gasteiger partial charge on any atom is -0.342 e. The molecule has 1 aliphatic heterocycles. The lowest BCUT2D eigenvalue weighted by Crippen LogP contribution is -2.16. The zero-order chi connectivity index (χ0) is 20.5. The van der Waals surface area contributed by atoms with Crippen LogP contribution in [0, 0.1) is 11.3 Å². The molecular weight excluding hydrogens is 390 g/mol. The van der Waals surface area contributed by atoms with Crippen molar-refractivity contribution >= 4 is 40.3 Å². The zero-order valence-corrected chi connectivity index (χ0v) is 16.8. The van der Waals surface area contributed by atoms with Crippen LogP contribution in [-0.2, 0) is 11.3 Å². The summed E-state index contributed by atoms with van der Waals surface area (Å²) in [5, 5.41) is 13.5. The predicted molar refractivity (Wildman–Crippen MR) is 121 cm³/mol. The lowest BCUT2D eigenvalue weighted by Gasteiger charge is -2.18. The van der Waals surface area contributed by atoms with E-state index in [-0.39, 0.29) is 5.91 Å². The number of benzene rings is 3. The van der Waals surface area contributed by atoms with Gasteiger partial charge in [0.25, 0.3) is 5.91 Å². The van der Waals surface area contributed by atoms with E-state index >= 15 is 0 Å². The van der Waals surface area contributed by atoms with E-state index in [1.165, 1.54) is 11.8 Å². The van der Waals surface area contributed by atoms with Gasteiger partial charge in [-0.25, -0.2) is 0 Å². The number of amides is 1. The molecule has 1 N–H and O–H groups in total. The second-order valence-electron chi connectivity index (χ2n) is 7.06. The number of nitriles is 1. The summed E-state index contributed by atoms with van der Waals surface area (Å²) in [7, 11) is 0. The molecule has 30 heavy (non-hydrogen) atoms. The summed E-state index contributed by atoms with van der Waals surface area (Å²) in [5.74, 6) is -0.0923. The number of thioether (sulfide) groups is 1. The Bertz CT molecular complexity index is 1360. The largest absolute Gasteiger partial charge is 0.342 e. The molecule has 3 aromatic carbocycles. The molecule has 0 aliphatic carbocycles. The average molecular weight is 407 g/mol. The maximum atomic E-state index is 12.6. The monoisotopic (exact) mass is 407 g/mol. The summed E-state index contributed by atoms with van der Waals surface area (Å²) < 4.78 is 2.14. The lowest BCUT2D eigenvalue weighted by atomic mass is 10.1. The number of para-hydroxylation sites is 2. The quantitative estimate of drug-likeness (QED) is 0.447. The highest BCUT2D eigenvalue weighted by atomic mass is 32.2. The van der Waals surface area contributed by atoms with Crippen molar-refractivity contribution in [1.82, 2.24) is 4.57 Å². The number of nitrogens with zero attached hydrogens (tertiary/aromatic N) is 2. The predicted octanol–water partition coefficient (Wildman–Crippen LogP) is 5.65. The van der Waals surface area contributed by atoms with Gasteiger partial charge in [-0.3, -0.25) is 4.79 Å². The number of anilines is 1. The second-order valence-corrected chi connectivity index (χ2v) is 8.14. The van der Waals surface area contributed by atoms with Crippen LogP contribution >= 0.6 is 11.8 Å². The Hall–Kier alpha value is -3.75. The van der Waals surface area contributed by atoms with E-state index in [0.717, 1.165) is 32.6 Å². The number of fused-ring (bicyclic) bond motifs is 2. The Labute approximate surface area is 178 Å². The third-order valence-corrected chi connectivity index (χ3v) is 6.26. The van der Waals surface area contributed by atoms with Crippen LogP contribution in [0.3, 0.4) is 0 Å². The van der Waals surface area contributed by atoms with Crippen LogP contribution in [0.5, 0.6) is 0 Å². The van der Waals surface area contributed by atoms with E-state index in [2.05, 4.69) is 34.3 Å². The molecule has 0 fully saturated rings. The molecule has 5 rings (SSSR count). The summed E-state index contributed by atoms with van der Waals surface area (Å²) in [4.78, 5) is 14.3. The average Bonchev–Trinajstić information content (AvgIpc) is 3.12. The molecule has 2 heterocycles. The summed E-state index contributed by atoms with van der Waals surface area (Å²) in [6.07, 6.45) is 4.01. The van der Waals surface area contributed by atoms with E-state index in [9.17, 15) is 10.1 Å². The molecule has 0 radical (unpaired) electrons. The molecule has 1 amide bonds. The number of aromatic nitrogens is 1. The van der Waals surface area contributed by atoms with Gasteiger partial charge in [-0.15, -0.1) is 0 Å². The molecule has 4 aromatic rings. The van der Waals surface area contributed by atoms with E-state index in [4.69, 9.17) is 0 Å². The van der Waals surface area contributed by atoms with Crippen molar-refractivity contribution < 1.29 is 4.79 Å². The Kier molecular flexibility index (Phi) is 4.62. The van der Waals surface area contributed by atoms with Gasteiger partial charge < -0.3 is 9.88 Å². The molecule has 1 aliphatic rings. The summed E-state index contributed by atoms with van der Waals surface area (Å²) in [5.41, 5.74) is 4.55. The van der Waals surface area contributed by atoms with Gasteiger partial charge in [0.2, 0.25) is 0 Å². The van der Waals surface area contributed by atoms with Gasteiger partial charge >= 0.3 is 0 Å². The number of hydrogen-bond acceptors (Lipinski definition) is 3. The summed E-state index contributed by atoms with van der Waals surface area (Å²) >= 11 is 1.48. The van der Waals surface area contributed by atoms with Gasteiger partial charge in [0.05, 0.1) is 22.2 Å². The van der Waals surface area contributed by atoms with Gasteiger partial charge in [0.1, 0.15) is 0 Å². The number of rotatable bonds is 3. The van der Waals surface area contributed by atoms with Crippen molar-refractivity contribution in [2.45, 2.75) is 11.4 Å². The molecule has 0 unspecified atom stereocenters. The fourth-order valence-electron chi connectivity index (χ4n) is 3.72. The SMILES string of the molecule is N#Cc1ccccc1Cn1cc(/C=C2\Sc3ccccc3NC2=O)c2ccccc21. The molecular formula is C25H17N3OS. The van der Waals surface area contributed by atoms with E-state index in [1.54, 1.807) is 0 Å². The van der Waals surface area contributed by atoms with Crippen molar-refractivity contribution in [3.63, 3.8) is 0 Å². The minimum atomic E-state index is -0.0923. The molecule has 0 saturated carbocycles. The third-order valence-electron chi connectivity index (χ3n) is 5.16. The third kappa shape index (κ3) is 3.28. The highest BCUT2D eigenvalue weighted by molar-refractivity contribution is 8.04. The van der Waals surface area contributed by atoms with Crippen LogP contribution in [0.15, 0.2) is 88.8 Å². The highest BCUT2D eigenvalue weighted by Gasteiger charge is 2.21. The number of carbonyl (C=O) groups excluding carboxylic acids is 1. The highest BCUT2D eigenvalue weighted by Crippen LogP contribution is 2.39. The molecule has 1 aromatic heterocycles. The number of hydrogen-bond donors (Lipinski definition) is 1. The van der Waals surface area contributed by atoms with Crippen LogP contribution in [0.2, 0.25) is 0 Å². The Morgan fingerprint density at radius 2 is 1.77 bits per heavy atom. The molecule has 5 heteroatoms. The minimum absolute atomic E-state index is 0.0923. The summed E-state index contributed by atoms with van der Waals surface area (Å²) in [6.45, 7) is 0.593. The maximum absolute atomic E-state index is 12.6. The van der Waals surface area contributed by atoms with Crippen molar-refractivity contribution in [3.8, 4) is 6.07 Å². The fourth-order valence-corrected chi connectivity index (χ4v) is 4.66. The van der Waals surface area contributed by atoms with Gasteiger partial charge in [-0.2, -0.15) is 5.26 Å². The van der Waals surface area contributed by atoms with E-state index in [0.29, 0.717) is 17.0 Å². The van der Waals surface area contributed by atoms with Gasteiger partial charge in [-0.05, 0) is 35.9 Å². The molecule has 4 nitrogen and oxygen atoms in total. The fraction of sp³-hybridized carbons (Fsp3) is 0.0400. The first-order valence-corrected chi connectivity index (χ1v) is 10.4. The van der Waals surface area contributed by atoms with Crippen molar-refractivity contribution in [1.29, 1.82) is 5.26 Å². The summed E-state index contributed by atoms with van der Waals surface area (Å²) in [6, 6.07) is 25.9. The zero-order valence-electron chi connectivity index (χ0n) is 16.0. The van der Waals surface area contributed by atoms with Crippen LogP contribution in [-0.4, -0.2) is 10.5 Å². The Morgan fingerprint density at radius 3 is 2.67 bits per heavy atom. The van der Waals surface area contributed by atoms with Gasteiger partial charge in [-0.1, -0.05) is 60.3 Å². The van der Waals surface area contributed by atoms with Crippen LogP contribution in [0.4, 0.5) is 5.69 Å². The van der Waals surface area contributed by atoms with Crippen LogP contribution in [0.1, 0.15) is 16.7 Å². The molecule has 0 bridgehead atoms. The number of carbonyl (C=O) groups is 1. The number of nitrogens with one attached hydrogen (secondary N) is 1. The molecule has 144 valence electrons. The topological polar surface area (TPSA) is 57.8 Å². The molecule has 0 atom stereocenters. The van der Waals surface area contributed by atoms with Crippen molar-refractivity contribution in [2.75, 3.05) is 5.32 Å². The first-order valence-electron chi connectivity index (χ1n) is 9.59. The van der Waals surface area contributed by atoms with Crippen LogP contribution in [0.25, 0.3) is 17.0 Å². The van der Waals surface area contributed by atoms with Gasteiger partial charge in [0, 0.05) is 34.1 Å². The standard InChI is InChI=1S/C25H17N3OS/c26-14-17-7-1-2-8-18(17)15-28-16-19(20-9-3-5-11-22(20)28)13-24-25(29)27-21-10-4-6-12-23(21)30-24/h1-13,16H,15H2,(H,27,29)/b24-13-. The Balaban J connectivity index is 1.57.